The number of nitrogens with zero attached hydrogens (tertiary/aromatic N) is 2. The lowest BCUT2D eigenvalue weighted by atomic mass is 10.0. The number of aliphatic carboxylic acids is 1. The van der Waals surface area contributed by atoms with Gasteiger partial charge in [-0.2, -0.15) is 5.10 Å². The fourth-order valence-corrected chi connectivity index (χ4v) is 3.02. The molecule has 7 heteroatoms. The van der Waals surface area contributed by atoms with Crippen LogP contribution in [0.5, 0.6) is 0 Å². The van der Waals surface area contributed by atoms with Gasteiger partial charge < -0.3 is 10.4 Å². The van der Waals surface area contributed by atoms with Crippen molar-refractivity contribution in [3.63, 3.8) is 0 Å². The molecule has 0 aliphatic rings. The molecule has 144 valence electrons. The van der Waals surface area contributed by atoms with Crippen LogP contribution < -0.4 is 10.9 Å². The molecule has 1 atom stereocenters. The van der Waals surface area contributed by atoms with Crippen molar-refractivity contribution in [3.8, 4) is 11.3 Å². The van der Waals surface area contributed by atoms with Gasteiger partial charge in [0.25, 0.3) is 5.56 Å². The minimum Gasteiger partial charge on any atom is -0.480 e. The summed E-state index contributed by atoms with van der Waals surface area (Å²) in [6.07, 6.45) is 0. The van der Waals surface area contributed by atoms with Crippen molar-refractivity contribution in [2.45, 2.75) is 26.4 Å². The van der Waals surface area contributed by atoms with E-state index in [0.29, 0.717) is 5.69 Å². The average Bonchev–Trinajstić information content (AvgIpc) is 2.67. The quantitative estimate of drug-likeness (QED) is 0.684. The second kappa shape index (κ2) is 8.04. The summed E-state index contributed by atoms with van der Waals surface area (Å²) in [5.74, 6) is -1.98. The number of nitrogens with one attached hydrogen (secondary N) is 1. The lowest BCUT2D eigenvalue weighted by Gasteiger charge is -2.18. The molecule has 0 aliphatic carbocycles. The highest BCUT2D eigenvalue weighted by Crippen LogP contribution is 2.26. The Hall–Kier alpha value is -3.48. The zero-order valence-electron chi connectivity index (χ0n) is 15.6. The first-order chi connectivity index (χ1) is 13.4. The number of hydrogen-bond acceptors (Lipinski definition) is 4. The van der Waals surface area contributed by atoms with Gasteiger partial charge in [-0.05, 0) is 22.8 Å². The molecule has 28 heavy (non-hydrogen) atoms. The van der Waals surface area contributed by atoms with E-state index in [0.717, 1.165) is 21.0 Å². The highest BCUT2D eigenvalue weighted by atomic mass is 16.4. The fourth-order valence-electron chi connectivity index (χ4n) is 3.02. The maximum absolute atomic E-state index is 12.3. The smallest absolute Gasteiger partial charge is 0.326 e. The molecule has 0 aliphatic heterocycles. The molecular formula is C21H21N3O4. The summed E-state index contributed by atoms with van der Waals surface area (Å²) in [4.78, 5) is 35.7. The van der Waals surface area contributed by atoms with Gasteiger partial charge in [-0.3, -0.25) is 9.59 Å². The Kier molecular flexibility index (Phi) is 5.54. The molecule has 1 aromatic heterocycles. The van der Waals surface area contributed by atoms with Gasteiger partial charge in [0.05, 0.1) is 5.69 Å². The minimum absolute atomic E-state index is 0.284. The number of aromatic nitrogens is 2. The summed E-state index contributed by atoms with van der Waals surface area (Å²) in [5.41, 5.74) is 0.969. The second-order valence-corrected chi connectivity index (χ2v) is 6.87. The minimum atomic E-state index is -1.12. The summed E-state index contributed by atoms with van der Waals surface area (Å²) in [6, 6.07) is 15.6. The molecule has 1 amide bonds. The summed E-state index contributed by atoms with van der Waals surface area (Å²) in [5, 5.41) is 18.0. The number of amides is 1. The monoisotopic (exact) mass is 379 g/mol. The van der Waals surface area contributed by atoms with E-state index in [1.807, 2.05) is 42.5 Å². The molecule has 0 unspecified atom stereocenters. The molecule has 2 aromatic carbocycles. The maximum atomic E-state index is 12.3. The molecule has 3 rings (SSSR count). The third-order valence-corrected chi connectivity index (χ3v) is 4.47. The Morgan fingerprint density at radius 1 is 1.07 bits per heavy atom. The van der Waals surface area contributed by atoms with Gasteiger partial charge in [0, 0.05) is 11.6 Å². The largest absolute Gasteiger partial charge is 0.480 e. The maximum Gasteiger partial charge on any atom is 0.326 e. The number of fused-ring (bicyclic) bond motifs is 1. The molecule has 7 nitrogen and oxygen atoms in total. The van der Waals surface area contributed by atoms with Gasteiger partial charge in [-0.15, -0.1) is 0 Å². The van der Waals surface area contributed by atoms with E-state index in [9.17, 15) is 19.5 Å². The Bertz CT molecular complexity index is 1080. The van der Waals surface area contributed by atoms with Crippen LogP contribution in [0.4, 0.5) is 0 Å². The van der Waals surface area contributed by atoms with E-state index in [1.54, 1.807) is 19.9 Å². The normalized spacial score (nSPS) is 12.1. The molecule has 0 saturated carbocycles. The van der Waals surface area contributed by atoms with Crippen LogP contribution in [0.1, 0.15) is 13.8 Å². The van der Waals surface area contributed by atoms with E-state index in [2.05, 4.69) is 10.4 Å². The number of carbonyl (C=O) groups is 2. The lowest BCUT2D eigenvalue weighted by molar-refractivity contribution is -0.143. The summed E-state index contributed by atoms with van der Waals surface area (Å²) in [6.45, 7) is 3.04. The zero-order chi connectivity index (χ0) is 20.3. The number of carbonyl (C=O) groups excluding carboxylic acids is 1. The SMILES string of the molecule is CC(C)[C@@H](NC(=O)Cn1nc(-c2cccc3ccccc23)ccc1=O)C(=O)O. The number of carboxylic acid groups (broad SMARTS) is 1. The van der Waals surface area contributed by atoms with Crippen LogP contribution in [-0.4, -0.2) is 32.8 Å². The Morgan fingerprint density at radius 3 is 2.50 bits per heavy atom. The topological polar surface area (TPSA) is 101 Å². The molecular weight excluding hydrogens is 358 g/mol. The number of rotatable bonds is 6. The summed E-state index contributed by atoms with van der Waals surface area (Å²) in [7, 11) is 0. The lowest BCUT2D eigenvalue weighted by Crippen LogP contribution is -2.46. The fraction of sp³-hybridized carbons (Fsp3) is 0.238. The van der Waals surface area contributed by atoms with Crippen molar-refractivity contribution < 1.29 is 14.7 Å². The second-order valence-electron chi connectivity index (χ2n) is 6.87. The first kappa shape index (κ1) is 19.3. The Labute approximate surface area is 161 Å². The molecule has 0 fully saturated rings. The third-order valence-electron chi connectivity index (χ3n) is 4.47. The first-order valence-corrected chi connectivity index (χ1v) is 8.95. The standard InChI is InChI=1S/C21H21N3O4/c1-13(2)20(21(27)28)22-18(25)12-24-19(26)11-10-17(23-24)16-9-5-7-14-6-3-4-8-15(14)16/h3-11,13,20H,12H2,1-2H3,(H,22,25)(H,27,28)/t20-/m1/s1. The van der Waals surface area contributed by atoms with Crippen LogP contribution >= 0.6 is 0 Å². The molecule has 1 heterocycles. The predicted octanol–water partition coefficient (Wildman–Crippen LogP) is 2.29. The number of carboxylic acids is 1. The third kappa shape index (κ3) is 4.09. The van der Waals surface area contributed by atoms with Crippen molar-refractivity contribution in [2.75, 3.05) is 0 Å². The highest BCUT2D eigenvalue weighted by Gasteiger charge is 2.23. The summed E-state index contributed by atoms with van der Waals surface area (Å²) < 4.78 is 1.05. The molecule has 3 aromatic rings. The van der Waals surface area contributed by atoms with Crippen molar-refractivity contribution >= 4 is 22.6 Å². The highest BCUT2D eigenvalue weighted by molar-refractivity contribution is 5.95. The predicted molar refractivity (Wildman–Crippen MR) is 106 cm³/mol. The number of benzene rings is 2. The van der Waals surface area contributed by atoms with Crippen molar-refractivity contribution in [1.82, 2.24) is 15.1 Å². The number of hydrogen-bond donors (Lipinski definition) is 2. The van der Waals surface area contributed by atoms with Crippen LogP contribution in [0.25, 0.3) is 22.0 Å². The molecule has 0 radical (unpaired) electrons. The van der Waals surface area contributed by atoms with Crippen LogP contribution in [0.2, 0.25) is 0 Å². The van der Waals surface area contributed by atoms with Crippen molar-refractivity contribution in [1.29, 1.82) is 0 Å². The van der Waals surface area contributed by atoms with Crippen LogP contribution in [-0.2, 0) is 16.1 Å². The van der Waals surface area contributed by atoms with Crippen LogP contribution in [0.15, 0.2) is 59.4 Å². The van der Waals surface area contributed by atoms with Gasteiger partial charge in [-0.25, -0.2) is 9.48 Å². The van der Waals surface area contributed by atoms with Crippen molar-refractivity contribution in [3.05, 3.63) is 65.0 Å². The van der Waals surface area contributed by atoms with Gasteiger partial charge in [0.15, 0.2) is 0 Å². The van der Waals surface area contributed by atoms with Crippen LogP contribution in [0.3, 0.4) is 0 Å². The van der Waals surface area contributed by atoms with E-state index < -0.39 is 23.5 Å². The average molecular weight is 379 g/mol. The zero-order valence-corrected chi connectivity index (χ0v) is 15.6. The van der Waals surface area contributed by atoms with Crippen molar-refractivity contribution in [2.24, 2.45) is 5.92 Å². The molecule has 0 spiro atoms. The molecule has 0 saturated heterocycles. The van der Waals surface area contributed by atoms with Gasteiger partial charge in [-0.1, -0.05) is 56.3 Å². The van der Waals surface area contributed by atoms with Gasteiger partial charge in [0.1, 0.15) is 12.6 Å². The molecule has 0 bridgehead atoms. The Morgan fingerprint density at radius 2 is 1.79 bits per heavy atom. The first-order valence-electron chi connectivity index (χ1n) is 8.95. The summed E-state index contributed by atoms with van der Waals surface area (Å²) >= 11 is 0. The van der Waals surface area contributed by atoms with E-state index >= 15 is 0 Å². The molecule has 2 N–H and O–H groups in total. The van der Waals surface area contributed by atoms with E-state index in [-0.39, 0.29) is 12.5 Å². The van der Waals surface area contributed by atoms with E-state index in [4.69, 9.17) is 0 Å². The van der Waals surface area contributed by atoms with Gasteiger partial charge >= 0.3 is 5.97 Å². The Balaban J connectivity index is 1.91. The van der Waals surface area contributed by atoms with Gasteiger partial charge in [0.2, 0.25) is 5.91 Å². The van der Waals surface area contributed by atoms with E-state index in [1.165, 1.54) is 6.07 Å². The van der Waals surface area contributed by atoms with Crippen LogP contribution in [0, 0.1) is 5.92 Å².